The summed E-state index contributed by atoms with van der Waals surface area (Å²) in [7, 11) is 0. The van der Waals surface area contributed by atoms with Gasteiger partial charge in [0.1, 0.15) is 6.10 Å². The minimum Gasteiger partial charge on any atom is -0.461 e. The van der Waals surface area contributed by atoms with E-state index in [2.05, 4.69) is 61.6 Å². The number of carbonyl (C=O) groups excluding carboxylic acids is 1. The molecule has 1 fully saturated rings. The number of alkyl halides is 3. The van der Waals surface area contributed by atoms with Crippen LogP contribution >= 0.6 is 47.8 Å². The Hall–Kier alpha value is 0.910. The second-order valence-corrected chi connectivity index (χ2v) is 10.9. The zero-order valence-corrected chi connectivity index (χ0v) is 12.1. The van der Waals surface area contributed by atoms with E-state index in [0.717, 1.165) is 6.42 Å². The Bertz CT molecular complexity index is 210. The summed E-state index contributed by atoms with van der Waals surface area (Å²) in [4.78, 5) is 10.3. The Labute approximate surface area is 103 Å². The lowest BCUT2D eigenvalue weighted by molar-refractivity contribution is -0.134. The number of carbonyl (C=O) groups is 1. The van der Waals surface area contributed by atoms with Crippen LogP contribution in [0.15, 0.2) is 0 Å². The van der Waals surface area contributed by atoms with Crippen molar-refractivity contribution in [1.29, 1.82) is 0 Å². The molecule has 0 aromatic carbocycles. The zero-order chi connectivity index (χ0) is 10.3. The first-order chi connectivity index (χ1) is 5.79. The highest BCUT2D eigenvalue weighted by Gasteiger charge is 2.56. The molecular weight excluding hydrogens is 368 g/mol. The third-order valence-corrected chi connectivity index (χ3v) is 3.83. The van der Waals surface area contributed by atoms with Gasteiger partial charge in [-0.1, -0.05) is 61.6 Å². The van der Waals surface area contributed by atoms with Crippen molar-refractivity contribution in [3.8, 4) is 0 Å². The van der Waals surface area contributed by atoms with Crippen LogP contribution in [0.3, 0.4) is 0 Å². The molecule has 2 nitrogen and oxygen atoms in total. The molecule has 76 valence electrons. The molecule has 1 aliphatic carbocycles. The summed E-state index contributed by atoms with van der Waals surface area (Å²) in [6.45, 7) is 4.83. The molecule has 0 N–H and O–H groups in total. The largest absolute Gasteiger partial charge is 0.461 e. The lowest BCUT2D eigenvalue weighted by atomic mass is 10.1. The minimum atomic E-state index is -0.508. The first-order valence-corrected chi connectivity index (χ1v) is 6.33. The van der Waals surface area contributed by atoms with Crippen LogP contribution < -0.4 is 0 Å². The average Bonchev–Trinajstić information content (AvgIpc) is 2.52. The van der Waals surface area contributed by atoms with Crippen molar-refractivity contribution in [3.05, 3.63) is 0 Å². The highest BCUT2D eigenvalue weighted by Crippen LogP contribution is 2.59. The summed E-state index contributed by atoms with van der Waals surface area (Å²) in [6.07, 6.45) is 0.899. The lowest BCUT2D eigenvalue weighted by Crippen LogP contribution is -2.30. The Morgan fingerprint density at radius 2 is 2.00 bits per heavy atom. The van der Waals surface area contributed by atoms with E-state index in [9.17, 15) is 4.79 Å². The molecule has 0 aliphatic heterocycles. The maximum Gasteiger partial charge on any atom is 0.293 e. The monoisotopic (exact) mass is 376 g/mol. The van der Waals surface area contributed by atoms with Crippen LogP contribution in [0.1, 0.15) is 20.3 Å². The van der Waals surface area contributed by atoms with E-state index < -0.39 is 2.14 Å². The molecule has 13 heavy (non-hydrogen) atoms. The quantitative estimate of drug-likeness (QED) is 0.555. The van der Waals surface area contributed by atoms with Crippen molar-refractivity contribution in [3.63, 3.8) is 0 Å². The van der Waals surface area contributed by atoms with E-state index in [4.69, 9.17) is 4.74 Å². The highest BCUT2D eigenvalue weighted by atomic mass is 80.0. The first kappa shape index (κ1) is 12.0. The van der Waals surface area contributed by atoms with Crippen LogP contribution in [-0.4, -0.2) is 14.7 Å². The smallest absolute Gasteiger partial charge is 0.293 e. The van der Waals surface area contributed by atoms with Crippen molar-refractivity contribution in [1.82, 2.24) is 0 Å². The molecule has 0 bridgehead atoms. The molecule has 0 spiro atoms. The molecular formula is C8H11Br3O2. The van der Waals surface area contributed by atoms with Gasteiger partial charge >= 0.3 is 0 Å². The number of halogens is 3. The number of rotatable bonds is 3. The maximum absolute atomic E-state index is 10.3. The van der Waals surface area contributed by atoms with Crippen molar-refractivity contribution < 1.29 is 9.53 Å². The van der Waals surface area contributed by atoms with Crippen LogP contribution in [-0.2, 0) is 9.53 Å². The molecule has 1 saturated carbocycles. The van der Waals surface area contributed by atoms with E-state index in [0.29, 0.717) is 12.4 Å². The van der Waals surface area contributed by atoms with Gasteiger partial charge in [0.25, 0.3) is 6.47 Å². The van der Waals surface area contributed by atoms with Crippen LogP contribution in [0.25, 0.3) is 0 Å². The van der Waals surface area contributed by atoms with Crippen molar-refractivity contribution in [2.75, 3.05) is 0 Å². The van der Waals surface area contributed by atoms with Gasteiger partial charge in [-0.25, -0.2) is 0 Å². The predicted octanol–water partition coefficient (Wildman–Crippen LogP) is 3.41. The third-order valence-electron chi connectivity index (χ3n) is 2.48. The SMILES string of the molecule is CC1(C)CC1C(OC=O)C(Br)(Br)Br. The van der Waals surface area contributed by atoms with E-state index >= 15 is 0 Å². The van der Waals surface area contributed by atoms with Crippen molar-refractivity contribution in [2.45, 2.75) is 28.5 Å². The number of hydrogen-bond donors (Lipinski definition) is 0. The summed E-state index contributed by atoms with van der Waals surface area (Å²) in [5.41, 5.74) is 0.272. The molecule has 5 heteroatoms. The molecule has 1 rings (SSSR count). The third kappa shape index (κ3) is 2.93. The summed E-state index contributed by atoms with van der Waals surface area (Å²) in [5.74, 6) is 0.399. The topological polar surface area (TPSA) is 26.3 Å². The Kier molecular flexibility index (Phi) is 3.52. The van der Waals surface area contributed by atoms with E-state index in [-0.39, 0.29) is 11.5 Å². The fourth-order valence-electron chi connectivity index (χ4n) is 1.48. The summed E-state index contributed by atoms with van der Waals surface area (Å²) >= 11 is 10.2. The summed E-state index contributed by atoms with van der Waals surface area (Å²) in [5, 5.41) is 0. The van der Waals surface area contributed by atoms with E-state index in [1.165, 1.54) is 0 Å². The van der Waals surface area contributed by atoms with Gasteiger partial charge in [-0.2, -0.15) is 0 Å². The van der Waals surface area contributed by atoms with Gasteiger partial charge in [-0.15, -0.1) is 0 Å². The molecule has 0 radical (unpaired) electrons. The van der Waals surface area contributed by atoms with Crippen LogP contribution in [0.4, 0.5) is 0 Å². The van der Waals surface area contributed by atoms with Gasteiger partial charge in [0.15, 0.2) is 2.14 Å². The Morgan fingerprint density at radius 3 is 2.23 bits per heavy atom. The Morgan fingerprint density at radius 1 is 1.54 bits per heavy atom. The molecule has 1 aliphatic rings. The fraction of sp³-hybridized carbons (Fsp3) is 0.875. The van der Waals surface area contributed by atoms with Crippen molar-refractivity contribution >= 4 is 54.3 Å². The predicted molar refractivity (Wildman–Crippen MR) is 62.3 cm³/mol. The van der Waals surface area contributed by atoms with Gasteiger partial charge < -0.3 is 4.74 Å². The van der Waals surface area contributed by atoms with Gasteiger partial charge in [-0.05, 0) is 11.8 Å². The average molecular weight is 379 g/mol. The second kappa shape index (κ2) is 3.81. The van der Waals surface area contributed by atoms with Gasteiger partial charge in [0.2, 0.25) is 0 Å². The van der Waals surface area contributed by atoms with Gasteiger partial charge in [-0.3, -0.25) is 4.79 Å². The second-order valence-electron chi connectivity index (χ2n) is 3.99. The highest BCUT2D eigenvalue weighted by molar-refractivity contribution is 9.39. The number of ether oxygens (including phenoxy) is 1. The van der Waals surface area contributed by atoms with Crippen LogP contribution in [0.2, 0.25) is 0 Å². The summed E-state index contributed by atoms with van der Waals surface area (Å²) in [6, 6.07) is 0. The zero-order valence-electron chi connectivity index (χ0n) is 7.39. The molecule has 2 atom stereocenters. The van der Waals surface area contributed by atoms with Gasteiger partial charge in [0, 0.05) is 5.92 Å². The van der Waals surface area contributed by atoms with E-state index in [1.54, 1.807) is 0 Å². The molecule has 0 saturated heterocycles. The van der Waals surface area contributed by atoms with E-state index in [1.807, 2.05) is 0 Å². The lowest BCUT2D eigenvalue weighted by Gasteiger charge is -2.25. The standard InChI is InChI=1S/C8H11Br3O2/c1-7(2)3-5(7)6(13-4-12)8(9,10)11/h4-6H,3H2,1-2H3. The van der Waals surface area contributed by atoms with Crippen LogP contribution in [0.5, 0.6) is 0 Å². The maximum atomic E-state index is 10.3. The summed E-state index contributed by atoms with van der Waals surface area (Å²) < 4.78 is 4.54. The minimum absolute atomic E-state index is 0.181. The molecule has 0 aromatic rings. The molecule has 2 unspecified atom stereocenters. The van der Waals surface area contributed by atoms with Crippen LogP contribution in [0, 0.1) is 11.3 Å². The molecule has 0 aromatic heterocycles. The fourth-order valence-corrected chi connectivity index (χ4v) is 2.77. The molecule has 0 heterocycles. The molecule has 0 amide bonds. The first-order valence-electron chi connectivity index (χ1n) is 3.95. The van der Waals surface area contributed by atoms with Gasteiger partial charge in [0.05, 0.1) is 0 Å². The van der Waals surface area contributed by atoms with Crippen molar-refractivity contribution in [2.24, 2.45) is 11.3 Å². The normalized spacial score (nSPS) is 27.9. The number of hydrogen-bond acceptors (Lipinski definition) is 2. The Balaban J connectivity index is 2.65.